The third kappa shape index (κ3) is 2.50. The zero-order chi connectivity index (χ0) is 15.3. The van der Waals surface area contributed by atoms with Gasteiger partial charge in [-0.2, -0.15) is 0 Å². The topological polar surface area (TPSA) is 37.4 Å². The minimum absolute atomic E-state index is 0.220. The summed E-state index contributed by atoms with van der Waals surface area (Å²) in [7, 11) is 0. The van der Waals surface area contributed by atoms with Gasteiger partial charge in [-0.25, -0.2) is 9.37 Å². The van der Waals surface area contributed by atoms with Gasteiger partial charge in [-0.3, -0.25) is 0 Å². The molecule has 3 aliphatic rings. The van der Waals surface area contributed by atoms with Crippen molar-refractivity contribution in [1.29, 1.82) is 0 Å². The second-order valence-corrected chi connectivity index (χ2v) is 7.03. The van der Waals surface area contributed by atoms with Crippen LogP contribution in [0.2, 0.25) is 0 Å². The summed E-state index contributed by atoms with van der Waals surface area (Å²) in [6.07, 6.45) is 3.09. The summed E-state index contributed by atoms with van der Waals surface area (Å²) in [5.74, 6) is 1.43. The highest BCUT2D eigenvalue weighted by Crippen LogP contribution is 2.36. The van der Waals surface area contributed by atoms with E-state index in [1.807, 2.05) is 6.92 Å². The van der Waals surface area contributed by atoms with Crippen molar-refractivity contribution in [3.63, 3.8) is 0 Å². The molecule has 0 spiro atoms. The summed E-state index contributed by atoms with van der Waals surface area (Å²) in [5.41, 5.74) is 1.50. The number of pyridine rings is 1. The maximum Gasteiger partial charge on any atom is 0.147 e. The molecule has 4 rings (SSSR count). The van der Waals surface area contributed by atoms with E-state index in [2.05, 4.69) is 22.1 Å². The number of hydrogen-bond acceptors (Lipinski definition) is 4. The number of rotatable bonds is 4. The van der Waals surface area contributed by atoms with Crippen molar-refractivity contribution >= 4 is 5.82 Å². The largest absolute Gasteiger partial charge is 0.372 e. The fraction of sp³-hybridized carbons (Fsp3) is 0.706. The molecule has 1 saturated carbocycles. The molecule has 3 heterocycles. The van der Waals surface area contributed by atoms with E-state index in [-0.39, 0.29) is 11.9 Å². The predicted octanol–water partition coefficient (Wildman–Crippen LogP) is 2.43. The van der Waals surface area contributed by atoms with Crippen LogP contribution in [-0.2, 0) is 11.2 Å². The molecule has 22 heavy (non-hydrogen) atoms. The maximum atomic E-state index is 14.4. The summed E-state index contributed by atoms with van der Waals surface area (Å²) >= 11 is 0. The van der Waals surface area contributed by atoms with Crippen LogP contribution in [0.5, 0.6) is 0 Å². The Labute approximate surface area is 131 Å². The molecule has 4 nitrogen and oxygen atoms in total. The Morgan fingerprint density at radius 3 is 3.05 bits per heavy atom. The number of hydrogen-bond donors (Lipinski definition) is 1. The van der Waals surface area contributed by atoms with Crippen LogP contribution >= 0.6 is 0 Å². The fourth-order valence-corrected chi connectivity index (χ4v) is 3.65. The van der Waals surface area contributed by atoms with Gasteiger partial charge in [0.25, 0.3) is 0 Å². The fourth-order valence-electron chi connectivity index (χ4n) is 3.65. The Hall–Kier alpha value is -1.20. The van der Waals surface area contributed by atoms with Crippen molar-refractivity contribution in [1.82, 2.24) is 10.3 Å². The van der Waals surface area contributed by atoms with E-state index < -0.39 is 0 Å². The van der Waals surface area contributed by atoms with Gasteiger partial charge in [0, 0.05) is 25.2 Å². The summed E-state index contributed by atoms with van der Waals surface area (Å²) in [6, 6.07) is 2.48. The number of ether oxygens (including phenoxy) is 1. The summed E-state index contributed by atoms with van der Waals surface area (Å²) < 4.78 is 20.3. The van der Waals surface area contributed by atoms with Crippen LogP contribution in [0.15, 0.2) is 6.07 Å². The first kappa shape index (κ1) is 14.4. The predicted molar refractivity (Wildman–Crippen MR) is 83.6 cm³/mol. The van der Waals surface area contributed by atoms with Gasteiger partial charge in [0.05, 0.1) is 12.7 Å². The van der Waals surface area contributed by atoms with Gasteiger partial charge < -0.3 is 15.0 Å². The lowest BCUT2D eigenvalue weighted by molar-refractivity contribution is 0.0526. The van der Waals surface area contributed by atoms with Crippen molar-refractivity contribution in [3.05, 3.63) is 23.1 Å². The molecule has 2 fully saturated rings. The van der Waals surface area contributed by atoms with Gasteiger partial charge in [-0.15, -0.1) is 0 Å². The van der Waals surface area contributed by atoms with Gasteiger partial charge in [0.15, 0.2) is 0 Å². The number of anilines is 1. The first-order valence-electron chi connectivity index (χ1n) is 8.43. The van der Waals surface area contributed by atoms with E-state index in [1.165, 1.54) is 12.8 Å². The van der Waals surface area contributed by atoms with Gasteiger partial charge in [0.2, 0.25) is 0 Å². The number of aromatic nitrogens is 1. The van der Waals surface area contributed by atoms with Crippen molar-refractivity contribution in [2.24, 2.45) is 5.92 Å². The minimum atomic E-state index is -0.275. The Morgan fingerprint density at radius 1 is 1.45 bits per heavy atom. The Bertz CT molecular complexity index is 575. The first-order valence-corrected chi connectivity index (χ1v) is 8.43. The van der Waals surface area contributed by atoms with Crippen LogP contribution in [0.3, 0.4) is 0 Å². The van der Waals surface area contributed by atoms with Gasteiger partial charge >= 0.3 is 0 Å². The van der Waals surface area contributed by atoms with Crippen molar-refractivity contribution in [2.75, 3.05) is 24.6 Å². The lowest BCUT2D eigenvalue weighted by Crippen LogP contribution is -2.55. The zero-order valence-electron chi connectivity index (χ0n) is 13.3. The second-order valence-electron chi connectivity index (χ2n) is 7.03. The molecule has 0 amide bonds. The number of nitrogens with zero attached hydrogens (tertiary/aromatic N) is 2. The van der Waals surface area contributed by atoms with E-state index >= 15 is 0 Å². The average molecular weight is 305 g/mol. The summed E-state index contributed by atoms with van der Waals surface area (Å²) in [5, 5.41) is 3.44. The smallest absolute Gasteiger partial charge is 0.147 e. The lowest BCUT2D eigenvalue weighted by Gasteiger charge is -2.37. The Kier molecular flexibility index (Phi) is 3.57. The normalized spacial score (nSPS) is 28.4. The van der Waals surface area contributed by atoms with Crippen molar-refractivity contribution < 1.29 is 9.13 Å². The molecule has 0 aromatic carbocycles. The SMILES string of the molecule is CC(OCC1CC1)c1nc2c(cc1F)C[C@@H]1CNC[C@@H](C)N21. The van der Waals surface area contributed by atoms with Crippen LogP contribution in [0.4, 0.5) is 10.2 Å². The zero-order valence-corrected chi connectivity index (χ0v) is 13.3. The summed E-state index contributed by atoms with van der Waals surface area (Å²) in [4.78, 5) is 7.05. The van der Waals surface area contributed by atoms with Crippen molar-refractivity contribution in [2.45, 2.75) is 51.3 Å². The molecule has 5 heteroatoms. The molecule has 1 aromatic rings. The molecule has 3 atom stereocenters. The number of fused-ring (bicyclic) bond motifs is 3. The monoisotopic (exact) mass is 305 g/mol. The number of piperazine rings is 1. The molecular weight excluding hydrogens is 281 g/mol. The van der Waals surface area contributed by atoms with E-state index in [0.717, 1.165) is 37.5 Å². The van der Waals surface area contributed by atoms with Gasteiger partial charge in [-0.1, -0.05) is 0 Å². The number of halogens is 1. The standard InChI is InChI=1S/C17H24FN3O/c1-10-7-19-8-14-5-13-6-15(18)16(20-17(13)21(10)14)11(2)22-9-12-3-4-12/h6,10-12,14,19H,3-5,7-9H2,1-2H3/t10-,11?,14-/m1/s1. The highest BCUT2D eigenvalue weighted by Gasteiger charge is 2.37. The molecule has 0 radical (unpaired) electrons. The van der Waals surface area contributed by atoms with Crippen LogP contribution in [0, 0.1) is 11.7 Å². The lowest BCUT2D eigenvalue weighted by atomic mass is 10.1. The highest BCUT2D eigenvalue weighted by atomic mass is 19.1. The quantitative estimate of drug-likeness (QED) is 0.927. The average Bonchev–Trinajstić information content (AvgIpc) is 3.24. The molecule has 1 N–H and O–H groups in total. The van der Waals surface area contributed by atoms with E-state index in [9.17, 15) is 4.39 Å². The molecular formula is C17H24FN3O. The van der Waals surface area contributed by atoms with Crippen LogP contribution in [0.1, 0.15) is 44.1 Å². The van der Waals surface area contributed by atoms with Gasteiger partial charge in [0.1, 0.15) is 17.3 Å². The minimum Gasteiger partial charge on any atom is -0.372 e. The van der Waals surface area contributed by atoms with Crippen LogP contribution in [0.25, 0.3) is 0 Å². The van der Waals surface area contributed by atoms with Gasteiger partial charge in [-0.05, 0) is 50.7 Å². The third-order valence-electron chi connectivity index (χ3n) is 5.11. The molecule has 0 bridgehead atoms. The molecule has 2 aliphatic heterocycles. The Morgan fingerprint density at radius 2 is 2.27 bits per heavy atom. The van der Waals surface area contributed by atoms with Crippen LogP contribution < -0.4 is 10.2 Å². The second kappa shape index (κ2) is 5.46. The maximum absolute atomic E-state index is 14.4. The van der Waals surface area contributed by atoms with E-state index in [4.69, 9.17) is 4.74 Å². The molecule has 1 unspecified atom stereocenters. The molecule has 120 valence electrons. The van der Waals surface area contributed by atoms with Crippen molar-refractivity contribution in [3.8, 4) is 0 Å². The summed E-state index contributed by atoms with van der Waals surface area (Å²) in [6.45, 7) is 6.75. The third-order valence-corrected chi connectivity index (χ3v) is 5.11. The highest BCUT2D eigenvalue weighted by molar-refractivity contribution is 5.56. The van der Waals surface area contributed by atoms with E-state index in [1.54, 1.807) is 6.07 Å². The molecule has 1 saturated heterocycles. The number of nitrogens with one attached hydrogen (secondary N) is 1. The first-order chi connectivity index (χ1) is 10.6. The molecule has 1 aliphatic carbocycles. The molecule has 1 aromatic heterocycles. The van der Waals surface area contributed by atoms with E-state index in [0.29, 0.717) is 23.7 Å². The van der Waals surface area contributed by atoms with Crippen LogP contribution in [-0.4, -0.2) is 36.8 Å². The Balaban J connectivity index is 1.60.